The fourth-order valence-electron chi connectivity index (χ4n) is 3.94. The molecule has 1 aliphatic rings. The number of nitrogens with zero attached hydrogens (tertiary/aromatic N) is 4. The van der Waals surface area contributed by atoms with Crippen molar-refractivity contribution < 1.29 is 19.1 Å². The maximum atomic E-state index is 13.3. The van der Waals surface area contributed by atoms with E-state index in [1.54, 1.807) is 6.92 Å². The van der Waals surface area contributed by atoms with Crippen LogP contribution in [-0.2, 0) is 27.4 Å². The first-order valence-electron chi connectivity index (χ1n) is 10.5. The minimum atomic E-state index is -0.821. The van der Waals surface area contributed by atoms with E-state index in [9.17, 15) is 14.4 Å². The number of rotatable bonds is 7. The zero-order chi connectivity index (χ0) is 22.8. The molecule has 10 nitrogen and oxygen atoms in total. The highest BCUT2D eigenvalue weighted by Gasteiger charge is 2.27. The van der Waals surface area contributed by atoms with E-state index >= 15 is 0 Å². The molecule has 168 valence electrons. The van der Waals surface area contributed by atoms with Gasteiger partial charge in [-0.3, -0.25) is 18.7 Å². The highest BCUT2D eigenvalue weighted by Crippen LogP contribution is 2.24. The number of imidazole rings is 1. The Hall–Kier alpha value is -3.53. The van der Waals surface area contributed by atoms with Crippen molar-refractivity contribution in [3.8, 4) is 11.4 Å². The number of fused-ring (bicyclic) bond motifs is 1. The average molecular weight is 439 g/mol. The van der Waals surface area contributed by atoms with Crippen LogP contribution in [0.25, 0.3) is 22.6 Å². The smallest absolute Gasteiger partial charge is 0.331 e. The molecule has 1 saturated heterocycles. The van der Waals surface area contributed by atoms with Crippen molar-refractivity contribution in [3.05, 3.63) is 46.0 Å². The second-order valence-electron chi connectivity index (χ2n) is 7.72. The molecular formula is C22H25N5O5. The zero-order valence-corrected chi connectivity index (χ0v) is 18.0. The van der Waals surface area contributed by atoms with Crippen LogP contribution in [-0.4, -0.2) is 50.3 Å². The van der Waals surface area contributed by atoms with Crippen LogP contribution in [0.2, 0.25) is 0 Å². The molecule has 0 spiro atoms. The van der Waals surface area contributed by atoms with E-state index in [1.165, 1.54) is 4.57 Å². The van der Waals surface area contributed by atoms with E-state index in [1.807, 2.05) is 31.2 Å². The quantitative estimate of drug-likeness (QED) is 0.551. The minimum Gasteiger partial charge on any atom is -0.465 e. The summed E-state index contributed by atoms with van der Waals surface area (Å²) in [6.07, 6.45) is 1.54. The number of benzene rings is 1. The van der Waals surface area contributed by atoms with Crippen molar-refractivity contribution >= 4 is 23.0 Å². The summed E-state index contributed by atoms with van der Waals surface area (Å²) in [5.41, 5.74) is 7.04. The van der Waals surface area contributed by atoms with E-state index in [0.717, 1.165) is 23.0 Å². The summed E-state index contributed by atoms with van der Waals surface area (Å²) in [6.45, 7) is 4.26. The Kier molecular flexibility index (Phi) is 6.04. The number of amides is 1. The Labute approximate surface area is 184 Å². The van der Waals surface area contributed by atoms with Gasteiger partial charge in [-0.2, -0.15) is 0 Å². The standard InChI is InChI=1S/C22H25N5O5/c1-3-31-16(28)12-26-18-17(19(23)29)24-20(14-7-4-6-13(2)10-14)25-21(18)27(22(26)30)11-15-8-5-9-32-15/h4,6-7,10,15H,3,5,8-9,11-12H2,1-2H3,(H2,23,29)/t15-/m0/s1. The molecule has 0 bridgehead atoms. The number of carbonyl (C=O) groups excluding carboxylic acids is 2. The molecule has 2 aromatic heterocycles. The zero-order valence-electron chi connectivity index (χ0n) is 18.0. The number of esters is 1. The molecule has 0 unspecified atom stereocenters. The van der Waals surface area contributed by atoms with Gasteiger partial charge in [-0.05, 0) is 32.8 Å². The summed E-state index contributed by atoms with van der Waals surface area (Å²) in [6, 6.07) is 7.48. The molecule has 0 saturated carbocycles. The Bertz CT molecular complexity index is 1240. The predicted molar refractivity (Wildman–Crippen MR) is 116 cm³/mol. The lowest BCUT2D eigenvalue weighted by Crippen LogP contribution is -2.31. The van der Waals surface area contributed by atoms with Gasteiger partial charge >= 0.3 is 11.7 Å². The predicted octanol–water partition coefficient (Wildman–Crippen LogP) is 1.41. The van der Waals surface area contributed by atoms with E-state index in [0.29, 0.717) is 12.2 Å². The SMILES string of the molecule is CCOC(=O)Cn1c(=O)n(C[C@@H]2CCCO2)c2nc(-c3cccc(C)c3)nc(C(N)=O)c21. The third-order valence-corrected chi connectivity index (χ3v) is 5.37. The topological polar surface area (TPSA) is 131 Å². The van der Waals surface area contributed by atoms with Gasteiger partial charge < -0.3 is 15.2 Å². The van der Waals surface area contributed by atoms with Crippen molar-refractivity contribution in [1.82, 2.24) is 19.1 Å². The highest BCUT2D eigenvalue weighted by molar-refractivity contribution is 6.02. The largest absolute Gasteiger partial charge is 0.465 e. The van der Waals surface area contributed by atoms with Gasteiger partial charge in [0.05, 0.1) is 19.3 Å². The second-order valence-corrected chi connectivity index (χ2v) is 7.72. The van der Waals surface area contributed by atoms with E-state index in [-0.39, 0.29) is 48.5 Å². The number of aryl methyl sites for hydroxylation is 1. The molecule has 0 aliphatic carbocycles. The molecule has 1 amide bonds. The van der Waals surface area contributed by atoms with Gasteiger partial charge in [-0.25, -0.2) is 14.8 Å². The normalized spacial score (nSPS) is 15.9. The van der Waals surface area contributed by atoms with Crippen LogP contribution in [0.3, 0.4) is 0 Å². The Morgan fingerprint density at radius 2 is 2.09 bits per heavy atom. The van der Waals surface area contributed by atoms with Gasteiger partial charge in [0.25, 0.3) is 5.91 Å². The van der Waals surface area contributed by atoms with Crippen LogP contribution in [0.1, 0.15) is 35.8 Å². The molecule has 1 fully saturated rings. The van der Waals surface area contributed by atoms with Crippen LogP contribution >= 0.6 is 0 Å². The molecule has 3 aromatic rings. The molecule has 1 atom stereocenters. The lowest BCUT2D eigenvalue weighted by Gasteiger charge is -2.10. The third-order valence-electron chi connectivity index (χ3n) is 5.37. The number of ether oxygens (including phenoxy) is 2. The summed E-state index contributed by atoms with van der Waals surface area (Å²) in [7, 11) is 0. The van der Waals surface area contributed by atoms with Crippen LogP contribution in [0.4, 0.5) is 0 Å². The van der Waals surface area contributed by atoms with Gasteiger partial charge in [0.2, 0.25) is 0 Å². The lowest BCUT2D eigenvalue weighted by molar-refractivity contribution is -0.143. The van der Waals surface area contributed by atoms with Gasteiger partial charge in [0.15, 0.2) is 17.2 Å². The average Bonchev–Trinajstić information content (AvgIpc) is 3.36. The number of primary amides is 1. The summed E-state index contributed by atoms with van der Waals surface area (Å²) >= 11 is 0. The highest BCUT2D eigenvalue weighted by atomic mass is 16.5. The molecule has 10 heteroatoms. The van der Waals surface area contributed by atoms with Crippen LogP contribution in [0.15, 0.2) is 29.1 Å². The molecule has 4 rings (SSSR count). The molecule has 2 N–H and O–H groups in total. The van der Waals surface area contributed by atoms with E-state index < -0.39 is 17.6 Å². The van der Waals surface area contributed by atoms with Crippen LogP contribution < -0.4 is 11.4 Å². The maximum Gasteiger partial charge on any atom is 0.331 e. The fraction of sp³-hybridized carbons (Fsp3) is 0.409. The van der Waals surface area contributed by atoms with Crippen molar-refractivity contribution in [3.63, 3.8) is 0 Å². The maximum absolute atomic E-state index is 13.3. The number of nitrogens with two attached hydrogens (primary N) is 1. The second kappa shape index (κ2) is 8.91. The third kappa shape index (κ3) is 4.13. The Morgan fingerprint density at radius 3 is 2.75 bits per heavy atom. The van der Waals surface area contributed by atoms with Crippen molar-refractivity contribution in [2.45, 2.75) is 45.9 Å². The van der Waals surface area contributed by atoms with Crippen molar-refractivity contribution in [2.24, 2.45) is 5.73 Å². The first kappa shape index (κ1) is 21.7. The first-order valence-corrected chi connectivity index (χ1v) is 10.5. The van der Waals surface area contributed by atoms with Gasteiger partial charge in [-0.1, -0.05) is 23.8 Å². The molecule has 3 heterocycles. The molecular weight excluding hydrogens is 414 g/mol. The first-order chi connectivity index (χ1) is 15.4. The summed E-state index contributed by atoms with van der Waals surface area (Å²) in [5, 5.41) is 0. The van der Waals surface area contributed by atoms with Crippen LogP contribution in [0.5, 0.6) is 0 Å². The molecule has 1 aromatic carbocycles. The van der Waals surface area contributed by atoms with E-state index in [2.05, 4.69) is 9.97 Å². The lowest BCUT2D eigenvalue weighted by atomic mass is 10.1. The van der Waals surface area contributed by atoms with Gasteiger partial charge in [0.1, 0.15) is 12.1 Å². The number of aromatic nitrogens is 4. The number of hydrogen-bond acceptors (Lipinski definition) is 7. The fourth-order valence-corrected chi connectivity index (χ4v) is 3.94. The summed E-state index contributed by atoms with van der Waals surface area (Å²) in [5.74, 6) is -1.16. The summed E-state index contributed by atoms with van der Waals surface area (Å²) < 4.78 is 13.3. The minimum absolute atomic E-state index is 0.116. The molecule has 1 aliphatic heterocycles. The van der Waals surface area contributed by atoms with Gasteiger partial charge in [-0.15, -0.1) is 0 Å². The summed E-state index contributed by atoms with van der Waals surface area (Å²) in [4.78, 5) is 46.9. The van der Waals surface area contributed by atoms with Crippen LogP contribution in [0, 0.1) is 6.92 Å². The molecule has 32 heavy (non-hydrogen) atoms. The Morgan fingerprint density at radius 1 is 1.28 bits per heavy atom. The monoisotopic (exact) mass is 439 g/mol. The number of hydrogen-bond donors (Lipinski definition) is 1. The van der Waals surface area contributed by atoms with Crippen molar-refractivity contribution in [1.29, 1.82) is 0 Å². The van der Waals surface area contributed by atoms with Gasteiger partial charge in [0, 0.05) is 12.2 Å². The Balaban J connectivity index is 1.96. The van der Waals surface area contributed by atoms with Crippen molar-refractivity contribution in [2.75, 3.05) is 13.2 Å². The van der Waals surface area contributed by atoms with E-state index in [4.69, 9.17) is 15.2 Å². The molecule has 0 radical (unpaired) electrons. The number of carbonyl (C=O) groups is 2.